The van der Waals surface area contributed by atoms with Gasteiger partial charge in [-0.1, -0.05) is 24.3 Å². The van der Waals surface area contributed by atoms with Crippen LogP contribution in [0.4, 0.5) is 5.69 Å². The van der Waals surface area contributed by atoms with Crippen molar-refractivity contribution in [2.45, 2.75) is 26.9 Å². The Morgan fingerprint density at radius 2 is 1.91 bits per heavy atom. The molecular formula is C26H29N5O3. The smallest absolute Gasteiger partial charge is 0.263 e. The molecule has 0 saturated heterocycles. The molecule has 4 aromatic rings. The number of anilines is 1. The van der Waals surface area contributed by atoms with E-state index in [0.29, 0.717) is 25.3 Å². The number of aromatic nitrogens is 3. The molecule has 176 valence electrons. The highest BCUT2D eigenvalue weighted by Gasteiger charge is 2.17. The predicted molar refractivity (Wildman–Crippen MR) is 134 cm³/mol. The summed E-state index contributed by atoms with van der Waals surface area (Å²) in [6.45, 7) is 5.17. The Bertz CT molecular complexity index is 1400. The summed E-state index contributed by atoms with van der Waals surface area (Å²) >= 11 is 0. The van der Waals surface area contributed by atoms with Crippen LogP contribution < -0.4 is 16.2 Å². The van der Waals surface area contributed by atoms with Gasteiger partial charge < -0.3 is 20.3 Å². The molecule has 3 N–H and O–H groups in total. The Balaban J connectivity index is 1.68. The number of benzene rings is 2. The third-order valence-electron chi connectivity index (χ3n) is 6.01. The zero-order valence-corrected chi connectivity index (χ0v) is 19.6. The van der Waals surface area contributed by atoms with Gasteiger partial charge in [0.2, 0.25) is 0 Å². The number of amides is 1. The van der Waals surface area contributed by atoms with E-state index in [-0.39, 0.29) is 17.7 Å². The molecule has 8 heteroatoms. The van der Waals surface area contributed by atoms with Crippen molar-refractivity contribution in [3.05, 3.63) is 81.9 Å². The summed E-state index contributed by atoms with van der Waals surface area (Å²) in [6.07, 6.45) is 3.59. The molecule has 0 aliphatic carbocycles. The molecule has 2 aromatic heterocycles. The molecule has 2 aromatic carbocycles. The number of pyridine rings is 1. The van der Waals surface area contributed by atoms with Crippen LogP contribution >= 0.6 is 0 Å². The maximum Gasteiger partial charge on any atom is 0.263 e. The number of hydrogen-bond donors (Lipinski definition) is 3. The molecule has 0 aliphatic heterocycles. The monoisotopic (exact) mass is 459 g/mol. The van der Waals surface area contributed by atoms with Crippen LogP contribution in [0.25, 0.3) is 22.0 Å². The van der Waals surface area contributed by atoms with Crippen molar-refractivity contribution < 1.29 is 9.90 Å². The van der Waals surface area contributed by atoms with Gasteiger partial charge in [0, 0.05) is 44.0 Å². The van der Waals surface area contributed by atoms with E-state index in [1.54, 1.807) is 12.3 Å². The highest BCUT2D eigenvalue weighted by atomic mass is 16.3. The molecule has 0 atom stereocenters. The summed E-state index contributed by atoms with van der Waals surface area (Å²) in [5, 5.41) is 20.4. The topological polar surface area (TPSA) is 101 Å². The van der Waals surface area contributed by atoms with Crippen LogP contribution in [0.2, 0.25) is 0 Å². The van der Waals surface area contributed by atoms with Crippen LogP contribution in [0.5, 0.6) is 0 Å². The number of nitrogens with one attached hydrogen (secondary N) is 2. The molecule has 2 heterocycles. The van der Waals surface area contributed by atoms with Gasteiger partial charge in [0.1, 0.15) is 5.56 Å². The number of fused-ring (bicyclic) bond motifs is 1. The summed E-state index contributed by atoms with van der Waals surface area (Å²) in [4.78, 5) is 26.1. The summed E-state index contributed by atoms with van der Waals surface area (Å²) in [5.74, 6) is -0.448. The van der Waals surface area contributed by atoms with E-state index in [1.165, 1.54) is 4.57 Å². The quantitative estimate of drug-likeness (QED) is 0.352. The molecule has 0 bridgehead atoms. The summed E-state index contributed by atoms with van der Waals surface area (Å²) < 4.78 is 3.36. The lowest BCUT2D eigenvalue weighted by Gasteiger charge is -2.15. The van der Waals surface area contributed by atoms with Gasteiger partial charge in [0.15, 0.2) is 0 Å². The lowest BCUT2D eigenvalue weighted by molar-refractivity contribution is 0.102. The Kier molecular flexibility index (Phi) is 6.90. The van der Waals surface area contributed by atoms with Crippen LogP contribution in [-0.2, 0) is 20.1 Å². The minimum absolute atomic E-state index is 0.0170. The number of rotatable bonds is 8. The van der Waals surface area contributed by atoms with Crippen molar-refractivity contribution in [2.24, 2.45) is 7.05 Å². The maximum atomic E-state index is 13.2. The van der Waals surface area contributed by atoms with E-state index in [9.17, 15) is 9.59 Å². The Hall–Kier alpha value is -3.75. The van der Waals surface area contributed by atoms with Crippen molar-refractivity contribution in [3.8, 4) is 11.1 Å². The third-order valence-corrected chi connectivity index (χ3v) is 6.01. The molecule has 0 aliphatic rings. The van der Waals surface area contributed by atoms with Gasteiger partial charge in [0.25, 0.3) is 11.5 Å². The van der Waals surface area contributed by atoms with Crippen molar-refractivity contribution in [1.82, 2.24) is 19.7 Å². The van der Waals surface area contributed by atoms with E-state index in [0.717, 1.165) is 33.2 Å². The van der Waals surface area contributed by atoms with Gasteiger partial charge in [-0.3, -0.25) is 14.3 Å². The third kappa shape index (κ3) is 4.50. The number of nitrogens with zero attached hydrogens (tertiary/aromatic N) is 3. The minimum Gasteiger partial charge on any atom is -0.395 e. The minimum atomic E-state index is -0.448. The standard InChI is InChI=1S/C26H29N5O3/c1-4-31-16-18(14-27-11-12-32)13-21(26(31)34)25(33)29-23-9-5-7-19(17(23)2)20-8-6-10-24-22(20)15-28-30(24)3/h5-10,13,15-16,27,32H,4,11-12,14H2,1-3H3,(H,29,33). The molecule has 8 nitrogen and oxygen atoms in total. The molecule has 0 fully saturated rings. The largest absolute Gasteiger partial charge is 0.395 e. The normalized spacial score (nSPS) is 11.2. The van der Waals surface area contributed by atoms with Crippen molar-refractivity contribution in [1.29, 1.82) is 0 Å². The lowest BCUT2D eigenvalue weighted by Crippen LogP contribution is -2.30. The van der Waals surface area contributed by atoms with Gasteiger partial charge in [-0.25, -0.2) is 0 Å². The van der Waals surface area contributed by atoms with Gasteiger partial charge >= 0.3 is 0 Å². The Morgan fingerprint density at radius 1 is 1.15 bits per heavy atom. The van der Waals surface area contributed by atoms with Gasteiger partial charge in [-0.15, -0.1) is 0 Å². The van der Waals surface area contributed by atoms with Crippen LogP contribution in [-0.4, -0.2) is 38.5 Å². The van der Waals surface area contributed by atoms with Crippen LogP contribution in [0.15, 0.2) is 59.7 Å². The zero-order chi connectivity index (χ0) is 24.2. The number of hydrogen-bond acceptors (Lipinski definition) is 5. The lowest BCUT2D eigenvalue weighted by atomic mass is 9.96. The van der Waals surface area contributed by atoms with Crippen molar-refractivity contribution >= 4 is 22.5 Å². The van der Waals surface area contributed by atoms with Crippen molar-refractivity contribution in [2.75, 3.05) is 18.5 Å². The maximum absolute atomic E-state index is 13.2. The van der Waals surface area contributed by atoms with Gasteiger partial charge in [-0.05, 0) is 54.3 Å². The first-order chi connectivity index (χ1) is 16.4. The van der Waals surface area contributed by atoms with Crippen molar-refractivity contribution in [3.63, 3.8) is 0 Å². The van der Waals surface area contributed by atoms with E-state index >= 15 is 0 Å². The average molecular weight is 460 g/mol. The van der Waals surface area contributed by atoms with Gasteiger partial charge in [0.05, 0.1) is 18.3 Å². The predicted octanol–water partition coefficient (Wildman–Crippen LogP) is 3.06. The van der Waals surface area contributed by atoms with E-state index in [2.05, 4.69) is 15.7 Å². The van der Waals surface area contributed by atoms with Crippen LogP contribution in [0.1, 0.15) is 28.4 Å². The second-order valence-corrected chi connectivity index (χ2v) is 8.19. The van der Waals surface area contributed by atoms with Crippen LogP contribution in [0.3, 0.4) is 0 Å². The number of aliphatic hydroxyl groups is 1. The highest BCUT2D eigenvalue weighted by molar-refractivity contribution is 6.05. The summed E-state index contributed by atoms with van der Waals surface area (Å²) in [7, 11) is 1.91. The second kappa shape index (κ2) is 10.0. The molecule has 34 heavy (non-hydrogen) atoms. The molecule has 4 rings (SSSR count). The Morgan fingerprint density at radius 3 is 2.68 bits per heavy atom. The molecule has 1 amide bonds. The fourth-order valence-electron chi connectivity index (χ4n) is 4.17. The van der Waals surface area contributed by atoms with E-state index < -0.39 is 5.91 Å². The number of carbonyl (C=O) groups is 1. The fourth-order valence-corrected chi connectivity index (χ4v) is 4.17. The molecular weight excluding hydrogens is 430 g/mol. The first kappa shape index (κ1) is 23.4. The molecule has 0 spiro atoms. The van der Waals surface area contributed by atoms with Gasteiger partial charge in [-0.2, -0.15) is 5.10 Å². The second-order valence-electron chi connectivity index (χ2n) is 8.19. The van der Waals surface area contributed by atoms with E-state index in [4.69, 9.17) is 5.11 Å². The molecule has 0 unspecified atom stereocenters. The first-order valence-corrected chi connectivity index (χ1v) is 11.3. The fraction of sp³-hybridized carbons (Fsp3) is 0.269. The molecule has 0 radical (unpaired) electrons. The number of carbonyl (C=O) groups excluding carboxylic acids is 1. The number of aryl methyl sites for hydroxylation is 2. The SMILES string of the molecule is CCn1cc(CNCCO)cc(C(=O)Nc2cccc(-c3cccc4c3cnn4C)c2C)c1=O. The number of aliphatic hydroxyl groups excluding tert-OH is 1. The first-order valence-electron chi connectivity index (χ1n) is 11.3. The average Bonchev–Trinajstić information content (AvgIpc) is 3.22. The Labute approximate surface area is 197 Å². The van der Waals surface area contributed by atoms with Crippen LogP contribution in [0, 0.1) is 6.92 Å². The zero-order valence-electron chi connectivity index (χ0n) is 19.6. The van der Waals surface area contributed by atoms with E-state index in [1.807, 2.05) is 68.2 Å². The summed E-state index contributed by atoms with van der Waals surface area (Å²) in [6, 6.07) is 13.4. The summed E-state index contributed by atoms with van der Waals surface area (Å²) in [5.41, 5.74) is 5.16. The molecule has 0 saturated carbocycles. The highest BCUT2D eigenvalue weighted by Crippen LogP contribution is 2.33.